The first-order chi connectivity index (χ1) is 7.70. The maximum Gasteiger partial charge on any atom is 0.324 e. The molecule has 0 saturated carbocycles. The van der Waals surface area contributed by atoms with Gasteiger partial charge in [0.05, 0.1) is 0 Å². The Morgan fingerprint density at radius 1 is 1.31 bits per heavy atom. The van der Waals surface area contributed by atoms with E-state index in [9.17, 15) is 4.39 Å². The molecule has 16 heavy (non-hydrogen) atoms. The van der Waals surface area contributed by atoms with Crippen LogP contribution in [-0.2, 0) is 0 Å². The quantitative estimate of drug-likeness (QED) is 0.859. The van der Waals surface area contributed by atoms with Gasteiger partial charge in [-0.3, -0.25) is 4.90 Å². The Kier molecular flexibility index (Phi) is 2.72. The molecule has 2 rings (SSSR count). The van der Waals surface area contributed by atoms with E-state index >= 15 is 0 Å². The molecule has 0 amide bonds. The van der Waals surface area contributed by atoms with Crippen LogP contribution in [0.1, 0.15) is 6.92 Å². The van der Waals surface area contributed by atoms with Crippen molar-refractivity contribution in [1.82, 2.24) is 10.2 Å². The van der Waals surface area contributed by atoms with Crippen molar-refractivity contribution in [3.63, 3.8) is 0 Å². The zero-order valence-electron chi connectivity index (χ0n) is 8.72. The molecule has 2 N–H and O–H groups in total. The summed E-state index contributed by atoms with van der Waals surface area (Å²) in [6.07, 6.45) is 0. The summed E-state index contributed by atoms with van der Waals surface area (Å²) in [5, 5.41) is 7.35. The van der Waals surface area contributed by atoms with Crippen LogP contribution in [0.5, 0.6) is 0 Å². The van der Waals surface area contributed by atoms with Crippen molar-refractivity contribution in [2.75, 3.05) is 17.2 Å². The largest absolute Gasteiger partial charge is 0.389 e. The Labute approximate surface area is 91.7 Å². The van der Waals surface area contributed by atoms with Gasteiger partial charge in [-0.2, -0.15) is 0 Å². The first kappa shape index (κ1) is 10.4. The molecule has 0 saturated heterocycles. The molecule has 0 atom stereocenters. The van der Waals surface area contributed by atoms with Gasteiger partial charge in [0.25, 0.3) is 0 Å². The van der Waals surface area contributed by atoms with Gasteiger partial charge in [0, 0.05) is 12.2 Å². The summed E-state index contributed by atoms with van der Waals surface area (Å²) < 4.78 is 17.9. The molecule has 1 aromatic carbocycles. The standard InChI is InChI=1S/C10H11FN4O/c1-2-15(10-14-13-9(12)16-10)8-5-3-7(11)4-6-8/h3-6H,2H2,1H3,(H2,12,13). The summed E-state index contributed by atoms with van der Waals surface area (Å²) >= 11 is 0. The van der Waals surface area contributed by atoms with Crippen LogP contribution < -0.4 is 10.6 Å². The minimum absolute atomic E-state index is 0.00978. The lowest BCUT2D eigenvalue weighted by atomic mass is 10.3. The number of hydrogen-bond acceptors (Lipinski definition) is 5. The summed E-state index contributed by atoms with van der Waals surface area (Å²) in [5.41, 5.74) is 6.12. The van der Waals surface area contributed by atoms with E-state index in [0.29, 0.717) is 12.6 Å². The molecule has 6 heteroatoms. The van der Waals surface area contributed by atoms with Gasteiger partial charge >= 0.3 is 12.0 Å². The molecule has 0 radical (unpaired) electrons. The number of halogens is 1. The van der Waals surface area contributed by atoms with E-state index in [2.05, 4.69) is 10.2 Å². The normalized spacial score (nSPS) is 10.4. The molecule has 2 aromatic rings. The van der Waals surface area contributed by atoms with Crippen LogP contribution in [0.2, 0.25) is 0 Å². The van der Waals surface area contributed by atoms with Crippen LogP contribution >= 0.6 is 0 Å². The fraction of sp³-hybridized carbons (Fsp3) is 0.200. The van der Waals surface area contributed by atoms with Crippen LogP contribution in [0, 0.1) is 5.82 Å². The molecule has 84 valence electrons. The molecular formula is C10H11FN4O. The Morgan fingerprint density at radius 2 is 2.00 bits per heavy atom. The molecule has 0 unspecified atom stereocenters. The minimum atomic E-state index is -0.287. The van der Waals surface area contributed by atoms with Gasteiger partial charge in [-0.05, 0) is 31.2 Å². The highest BCUT2D eigenvalue weighted by Crippen LogP contribution is 2.24. The average molecular weight is 222 g/mol. The molecule has 0 aliphatic heterocycles. The Morgan fingerprint density at radius 3 is 2.50 bits per heavy atom. The second-order valence-corrected chi connectivity index (χ2v) is 3.14. The summed E-state index contributed by atoms with van der Waals surface area (Å²) in [6.45, 7) is 2.54. The van der Waals surface area contributed by atoms with Gasteiger partial charge in [-0.25, -0.2) is 4.39 Å². The van der Waals surface area contributed by atoms with E-state index in [1.54, 1.807) is 17.0 Å². The number of nitrogens with zero attached hydrogens (tertiary/aromatic N) is 3. The molecule has 0 fully saturated rings. The Bertz CT molecular complexity index is 468. The molecule has 5 nitrogen and oxygen atoms in total. The lowest BCUT2D eigenvalue weighted by Gasteiger charge is -2.17. The van der Waals surface area contributed by atoms with Crippen molar-refractivity contribution in [1.29, 1.82) is 0 Å². The number of aromatic nitrogens is 2. The van der Waals surface area contributed by atoms with E-state index in [-0.39, 0.29) is 11.8 Å². The zero-order valence-corrected chi connectivity index (χ0v) is 8.72. The lowest BCUT2D eigenvalue weighted by molar-refractivity contribution is 0.570. The maximum atomic E-state index is 12.8. The zero-order chi connectivity index (χ0) is 11.5. The van der Waals surface area contributed by atoms with E-state index in [0.717, 1.165) is 5.69 Å². The van der Waals surface area contributed by atoms with Crippen LogP contribution in [0.25, 0.3) is 0 Å². The molecule has 0 spiro atoms. The highest BCUT2D eigenvalue weighted by atomic mass is 19.1. The maximum absolute atomic E-state index is 12.8. The smallest absolute Gasteiger partial charge is 0.324 e. The lowest BCUT2D eigenvalue weighted by Crippen LogP contribution is -2.16. The second-order valence-electron chi connectivity index (χ2n) is 3.14. The monoisotopic (exact) mass is 222 g/mol. The third-order valence-electron chi connectivity index (χ3n) is 2.12. The molecule has 0 aliphatic carbocycles. The summed E-state index contributed by atoms with van der Waals surface area (Å²) in [7, 11) is 0. The van der Waals surface area contributed by atoms with Crippen LogP contribution in [0.15, 0.2) is 28.7 Å². The first-order valence-corrected chi connectivity index (χ1v) is 4.83. The number of nitrogens with two attached hydrogens (primary N) is 1. The van der Waals surface area contributed by atoms with Gasteiger partial charge < -0.3 is 10.2 Å². The summed E-state index contributed by atoms with van der Waals surface area (Å²) in [6, 6.07) is 6.33. The third-order valence-corrected chi connectivity index (χ3v) is 2.12. The van der Waals surface area contributed by atoms with Crippen LogP contribution in [0.3, 0.4) is 0 Å². The molecule has 1 aromatic heterocycles. The average Bonchev–Trinajstić information content (AvgIpc) is 2.69. The van der Waals surface area contributed by atoms with Crippen molar-refractivity contribution in [3.05, 3.63) is 30.1 Å². The van der Waals surface area contributed by atoms with Crippen LogP contribution in [0.4, 0.5) is 22.1 Å². The van der Waals surface area contributed by atoms with E-state index < -0.39 is 0 Å². The van der Waals surface area contributed by atoms with Gasteiger partial charge in [-0.15, -0.1) is 0 Å². The van der Waals surface area contributed by atoms with E-state index in [1.807, 2.05) is 6.92 Å². The fourth-order valence-electron chi connectivity index (χ4n) is 1.38. The predicted molar refractivity (Wildman–Crippen MR) is 57.8 cm³/mol. The van der Waals surface area contributed by atoms with Gasteiger partial charge in [-0.1, -0.05) is 10.2 Å². The van der Waals surface area contributed by atoms with E-state index in [4.69, 9.17) is 10.2 Å². The van der Waals surface area contributed by atoms with Crippen molar-refractivity contribution >= 4 is 17.7 Å². The highest BCUT2D eigenvalue weighted by Gasteiger charge is 2.13. The number of benzene rings is 1. The minimum Gasteiger partial charge on any atom is -0.389 e. The summed E-state index contributed by atoms with van der Waals surface area (Å²) in [5.74, 6) is -0.287. The Hall–Kier alpha value is -2.11. The topological polar surface area (TPSA) is 68.2 Å². The number of anilines is 3. The first-order valence-electron chi connectivity index (χ1n) is 4.83. The van der Waals surface area contributed by atoms with Crippen molar-refractivity contribution in [2.24, 2.45) is 0 Å². The van der Waals surface area contributed by atoms with Crippen molar-refractivity contribution in [2.45, 2.75) is 6.92 Å². The van der Waals surface area contributed by atoms with Crippen LogP contribution in [-0.4, -0.2) is 16.7 Å². The van der Waals surface area contributed by atoms with E-state index in [1.165, 1.54) is 12.1 Å². The molecule has 1 heterocycles. The van der Waals surface area contributed by atoms with Crippen molar-refractivity contribution < 1.29 is 8.81 Å². The SMILES string of the molecule is CCN(c1ccc(F)cc1)c1nnc(N)o1. The third kappa shape index (κ3) is 1.95. The van der Waals surface area contributed by atoms with Crippen molar-refractivity contribution in [3.8, 4) is 0 Å². The van der Waals surface area contributed by atoms with Gasteiger partial charge in [0.15, 0.2) is 0 Å². The predicted octanol–water partition coefficient (Wildman–Crippen LogP) is 1.95. The number of rotatable bonds is 3. The fourth-order valence-corrected chi connectivity index (χ4v) is 1.38. The molecule has 0 aliphatic rings. The van der Waals surface area contributed by atoms with Gasteiger partial charge in [0.2, 0.25) is 0 Å². The van der Waals surface area contributed by atoms with Gasteiger partial charge in [0.1, 0.15) is 5.82 Å². The number of hydrogen-bond donors (Lipinski definition) is 1. The molecule has 0 bridgehead atoms. The Balaban J connectivity index is 2.32. The second kappa shape index (κ2) is 4.18. The highest BCUT2D eigenvalue weighted by molar-refractivity contribution is 5.55. The number of nitrogen functional groups attached to an aromatic ring is 1. The summed E-state index contributed by atoms with van der Waals surface area (Å²) in [4.78, 5) is 1.74. The molecular weight excluding hydrogens is 211 g/mol.